The van der Waals surface area contributed by atoms with E-state index in [0.717, 1.165) is 0 Å². The van der Waals surface area contributed by atoms with Gasteiger partial charge in [0.25, 0.3) is 0 Å². The van der Waals surface area contributed by atoms with Crippen LogP contribution < -0.4 is 4.74 Å². The smallest absolute Gasteiger partial charge is 0.312 e. The number of aliphatic imine (C=N–C) groups is 1. The highest BCUT2D eigenvalue weighted by Gasteiger charge is 2.13. The molecule has 0 saturated carbocycles. The lowest BCUT2D eigenvalue weighted by Gasteiger charge is -2.00. The average Bonchev–Trinajstić information content (AvgIpc) is 2.95. The third-order valence-corrected chi connectivity index (χ3v) is 3.45. The standard InChI is InChI=1S/C17H13ClN2O3/c1-22-12-6-4-5-11(9-12)16-20-15(17(21)23-16)10-19-14-8-3-2-7-13(14)18/h2-10,21H,1H3. The summed E-state index contributed by atoms with van der Waals surface area (Å²) in [5.41, 5.74) is 1.50. The molecular weight excluding hydrogens is 316 g/mol. The fourth-order valence-corrected chi connectivity index (χ4v) is 2.16. The average molecular weight is 329 g/mol. The highest BCUT2D eigenvalue weighted by Crippen LogP contribution is 2.29. The topological polar surface area (TPSA) is 67.9 Å². The number of hydrogen-bond acceptors (Lipinski definition) is 5. The lowest BCUT2D eigenvalue weighted by atomic mass is 10.2. The van der Waals surface area contributed by atoms with Crippen molar-refractivity contribution in [1.29, 1.82) is 0 Å². The van der Waals surface area contributed by atoms with E-state index in [1.54, 1.807) is 25.3 Å². The molecule has 1 aromatic heterocycles. The Balaban J connectivity index is 1.90. The van der Waals surface area contributed by atoms with Gasteiger partial charge >= 0.3 is 5.95 Å². The Labute approximate surface area is 137 Å². The molecule has 0 fully saturated rings. The van der Waals surface area contributed by atoms with Crippen LogP contribution in [0.3, 0.4) is 0 Å². The van der Waals surface area contributed by atoms with Crippen molar-refractivity contribution in [2.75, 3.05) is 7.11 Å². The van der Waals surface area contributed by atoms with Crippen LogP contribution in [0.2, 0.25) is 5.02 Å². The summed E-state index contributed by atoms with van der Waals surface area (Å²) in [7, 11) is 1.58. The van der Waals surface area contributed by atoms with Gasteiger partial charge in [0, 0.05) is 5.56 Å². The highest BCUT2D eigenvalue weighted by molar-refractivity contribution is 6.33. The molecule has 0 aliphatic carbocycles. The van der Waals surface area contributed by atoms with Crippen molar-refractivity contribution in [2.24, 2.45) is 4.99 Å². The van der Waals surface area contributed by atoms with E-state index in [1.165, 1.54) is 6.21 Å². The van der Waals surface area contributed by atoms with Gasteiger partial charge in [0.15, 0.2) is 5.69 Å². The third kappa shape index (κ3) is 3.35. The molecule has 0 bridgehead atoms. The van der Waals surface area contributed by atoms with Crippen LogP contribution in [-0.2, 0) is 0 Å². The Morgan fingerprint density at radius 2 is 2.04 bits per heavy atom. The zero-order chi connectivity index (χ0) is 16.2. The first-order chi connectivity index (χ1) is 11.2. The normalized spacial score (nSPS) is 11.0. The van der Waals surface area contributed by atoms with Gasteiger partial charge in [-0.2, -0.15) is 0 Å². The Kier molecular flexibility index (Phi) is 4.30. The molecule has 1 heterocycles. The minimum Gasteiger partial charge on any atom is -0.497 e. The molecule has 23 heavy (non-hydrogen) atoms. The van der Waals surface area contributed by atoms with E-state index in [-0.39, 0.29) is 17.5 Å². The van der Waals surface area contributed by atoms with E-state index in [2.05, 4.69) is 9.98 Å². The summed E-state index contributed by atoms with van der Waals surface area (Å²) >= 11 is 6.03. The SMILES string of the molecule is COc1cccc(-c2nc(C=Nc3ccccc3Cl)c(O)o2)c1. The van der Waals surface area contributed by atoms with Crippen LogP contribution in [0.4, 0.5) is 5.69 Å². The molecule has 1 N–H and O–H groups in total. The van der Waals surface area contributed by atoms with Crippen LogP contribution >= 0.6 is 11.6 Å². The second-order valence-corrected chi connectivity index (χ2v) is 5.06. The van der Waals surface area contributed by atoms with Crippen molar-refractivity contribution in [3.63, 3.8) is 0 Å². The van der Waals surface area contributed by atoms with Crippen molar-refractivity contribution in [3.8, 4) is 23.1 Å². The van der Waals surface area contributed by atoms with E-state index in [4.69, 9.17) is 20.8 Å². The maximum Gasteiger partial charge on any atom is 0.312 e. The fourth-order valence-electron chi connectivity index (χ4n) is 1.97. The van der Waals surface area contributed by atoms with Gasteiger partial charge < -0.3 is 14.3 Å². The summed E-state index contributed by atoms with van der Waals surface area (Å²) in [5, 5.41) is 10.4. The third-order valence-electron chi connectivity index (χ3n) is 3.13. The van der Waals surface area contributed by atoms with Crippen molar-refractivity contribution >= 4 is 23.5 Å². The van der Waals surface area contributed by atoms with E-state index in [1.807, 2.05) is 30.3 Å². The summed E-state index contributed by atoms with van der Waals surface area (Å²) in [6.45, 7) is 0. The van der Waals surface area contributed by atoms with Crippen LogP contribution in [0.15, 0.2) is 57.9 Å². The van der Waals surface area contributed by atoms with Crippen molar-refractivity contribution in [3.05, 3.63) is 59.2 Å². The number of nitrogens with zero attached hydrogens (tertiary/aromatic N) is 2. The Hall–Kier alpha value is -2.79. The number of aromatic nitrogens is 1. The molecule has 6 heteroatoms. The van der Waals surface area contributed by atoms with Gasteiger partial charge in [-0.15, -0.1) is 0 Å². The van der Waals surface area contributed by atoms with Crippen LogP contribution in [0.1, 0.15) is 5.69 Å². The van der Waals surface area contributed by atoms with Crippen molar-refractivity contribution in [1.82, 2.24) is 4.98 Å². The summed E-state index contributed by atoms with van der Waals surface area (Å²) < 4.78 is 10.4. The predicted octanol–water partition coefficient (Wildman–Crippen LogP) is 4.46. The van der Waals surface area contributed by atoms with Gasteiger partial charge in [-0.1, -0.05) is 29.8 Å². The summed E-state index contributed by atoms with van der Waals surface area (Å²) in [6.07, 6.45) is 1.41. The summed E-state index contributed by atoms with van der Waals surface area (Å²) in [6, 6.07) is 14.3. The number of para-hydroxylation sites is 1. The molecule has 0 saturated heterocycles. The Morgan fingerprint density at radius 3 is 2.83 bits per heavy atom. The van der Waals surface area contributed by atoms with Crippen LogP contribution in [0, 0.1) is 0 Å². The van der Waals surface area contributed by atoms with Gasteiger partial charge in [-0.05, 0) is 30.3 Å². The molecule has 0 spiro atoms. The van der Waals surface area contributed by atoms with Crippen molar-refractivity contribution in [2.45, 2.75) is 0 Å². The lowest BCUT2D eigenvalue weighted by Crippen LogP contribution is -1.85. The Bertz CT molecular complexity index is 859. The molecule has 2 aromatic carbocycles. The molecule has 0 radical (unpaired) electrons. The number of benzene rings is 2. The Morgan fingerprint density at radius 1 is 1.22 bits per heavy atom. The zero-order valence-corrected chi connectivity index (χ0v) is 13.0. The predicted molar refractivity (Wildman–Crippen MR) is 88.9 cm³/mol. The number of rotatable bonds is 4. The number of ether oxygens (including phenoxy) is 1. The van der Waals surface area contributed by atoms with Crippen molar-refractivity contribution < 1.29 is 14.3 Å². The van der Waals surface area contributed by atoms with E-state index < -0.39 is 0 Å². The number of oxazole rings is 1. The number of hydrogen-bond donors (Lipinski definition) is 1. The van der Waals surface area contributed by atoms with Crippen LogP contribution in [-0.4, -0.2) is 23.4 Å². The molecule has 0 aliphatic rings. The molecule has 0 atom stereocenters. The van der Waals surface area contributed by atoms with Gasteiger partial charge in [0.05, 0.1) is 24.0 Å². The quantitative estimate of drug-likeness (QED) is 0.718. The van der Waals surface area contributed by atoms with Crippen LogP contribution in [0.5, 0.6) is 11.7 Å². The van der Waals surface area contributed by atoms with Gasteiger partial charge in [-0.3, -0.25) is 4.99 Å². The molecule has 116 valence electrons. The molecule has 3 rings (SSSR count). The fraction of sp³-hybridized carbons (Fsp3) is 0.0588. The molecule has 0 aliphatic heterocycles. The maximum atomic E-state index is 9.88. The van der Waals surface area contributed by atoms with E-state index in [0.29, 0.717) is 22.0 Å². The monoisotopic (exact) mass is 328 g/mol. The van der Waals surface area contributed by atoms with Gasteiger partial charge in [-0.25, -0.2) is 4.98 Å². The number of halogens is 1. The number of aromatic hydroxyl groups is 1. The summed E-state index contributed by atoms with van der Waals surface area (Å²) in [4.78, 5) is 8.45. The first kappa shape index (κ1) is 15.1. The number of methoxy groups -OCH3 is 1. The molecule has 0 amide bonds. The molecule has 0 unspecified atom stereocenters. The van der Waals surface area contributed by atoms with Gasteiger partial charge in [0.2, 0.25) is 5.89 Å². The molecule has 5 nitrogen and oxygen atoms in total. The second kappa shape index (κ2) is 6.54. The first-order valence-corrected chi connectivity index (χ1v) is 7.18. The minimum absolute atomic E-state index is 0.225. The first-order valence-electron chi connectivity index (χ1n) is 6.80. The van der Waals surface area contributed by atoms with Gasteiger partial charge in [0.1, 0.15) is 5.75 Å². The minimum atomic E-state index is -0.307. The van der Waals surface area contributed by atoms with E-state index >= 15 is 0 Å². The molecular formula is C17H13ClN2O3. The second-order valence-electron chi connectivity index (χ2n) is 4.65. The maximum absolute atomic E-state index is 9.88. The largest absolute Gasteiger partial charge is 0.497 e. The van der Waals surface area contributed by atoms with E-state index in [9.17, 15) is 5.11 Å². The zero-order valence-electron chi connectivity index (χ0n) is 12.2. The lowest BCUT2D eigenvalue weighted by molar-refractivity contribution is 0.336. The summed E-state index contributed by atoms with van der Waals surface area (Å²) in [5.74, 6) is 0.645. The highest BCUT2D eigenvalue weighted by atomic mass is 35.5. The molecule has 3 aromatic rings. The van der Waals surface area contributed by atoms with Crippen LogP contribution in [0.25, 0.3) is 11.5 Å².